The fraction of sp³-hybridized carbons (Fsp3) is 0.125. The van der Waals surface area contributed by atoms with E-state index in [0.717, 1.165) is 0 Å². The number of benzene rings is 1. The summed E-state index contributed by atoms with van der Waals surface area (Å²) < 4.78 is 25.6. The van der Waals surface area contributed by atoms with Gasteiger partial charge in [-0.15, -0.1) is 0 Å². The van der Waals surface area contributed by atoms with Crippen molar-refractivity contribution in [3.05, 3.63) is 28.8 Å². The van der Waals surface area contributed by atoms with Crippen molar-refractivity contribution in [3.8, 4) is 0 Å². The monoisotopic (exact) mass is 187 g/mol. The number of anilines is 1. The third-order valence-corrected chi connectivity index (χ3v) is 1.73. The maximum Gasteiger partial charge on any atom is 0.338 e. The van der Waals surface area contributed by atoms with Gasteiger partial charge >= 0.3 is 5.97 Å². The van der Waals surface area contributed by atoms with Crippen LogP contribution in [0.5, 0.6) is 0 Å². The quantitative estimate of drug-likeness (QED) is 0.655. The molecule has 0 fully saturated rings. The van der Waals surface area contributed by atoms with Gasteiger partial charge in [0, 0.05) is 11.6 Å². The Kier molecular flexibility index (Phi) is 2.18. The zero-order chi connectivity index (χ0) is 10.2. The molecule has 0 aliphatic rings. The molecule has 3 nitrogen and oxygen atoms in total. The molecule has 0 unspecified atom stereocenters. The van der Waals surface area contributed by atoms with Crippen molar-refractivity contribution in [2.75, 3.05) is 5.73 Å². The van der Waals surface area contributed by atoms with Crippen LogP contribution < -0.4 is 5.73 Å². The van der Waals surface area contributed by atoms with Crippen LogP contribution in [0.2, 0.25) is 0 Å². The molecule has 0 aromatic heterocycles. The normalized spacial score (nSPS) is 10.1. The highest BCUT2D eigenvalue weighted by molar-refractivity contribution is 5.95. The highest BCUT2D eigenvalue weighted by Gasteiger charge is 2.18. The zero-order valence-electron chi connectivity index (χ0n) is 6.77. The van der Waals surface area contributed by atoms with Gasteiger partial charge in [0.2, 0.25) is 0 Å². The Morgan fingerprint density at radius 2 is 2.00 bits per heavy atom. The summed E-state index contributed by atoms with van der Waals surface area (Å²) in [5, 5.41) is 8.58. The second-order valence-corrected chi connectivity index (χ2v) is 2.56. The average Bonchev–Trinajstić information content (AvgIpc) is 2.01. The van der Waals surface area contributed by atoms with E-state index in [1.807, 2.05) is 0 Å². The van der Waals surface area contributed by atoms with Crippen LogP contribution in [-0.2, 0) is 0 Å². The molecule has 0 bridgehead atoms. The van der Waals surface area contributed by atoms with E-state index in [2.05, 4.69) is 0 Å². The van der Waals surface area contributed by atoms with E-state index in [-0.39, 0.29) is 5.56 Å². The molecular formula is C8H7F2NO2. The van der Waals surface area contributed by atoms with Crippen molar-refractivity contribution >= 4 is 11.7 Å². The van der Waals surface area contributed by atoms with Gasteiger partial charge in [0.15, 0.2) is 0 Å². The van der Waals surface area contributed by atoms with Gasteiger partial charge in [-0.05, 0) is 6.92 Å². The van der Waals surface area contributed by atoms with Gasteiger partial charge in [0.1, 0.15) is 11.6 Å². The van der Waals surface area contributed by atoms with Crippen LogP contribution in [-0.4, -0.2) is 11.1 Å². The number of hydrogen-bond donors (Lipinski definition) is 2. The van der Waals surface area contributed by atoms with Crippen molar-refractivity contribution < 1.29 is 18.7 Å². The summed E-state index contributed by atoms with van der Waals surface area (Å²) in [6.07, 6.45) is 0. The number of carboxylic acids is 1. The lowest BCUT2D eigenvalue weighted by Gasteiger charge is -2.06. The van der Waals surface area contributed by atoms with Crippen LogP contribution in [0.4, 0.5) is 14.5 Å². The van der Waals surface area contributed by atoms with Gasteiger partial charge in [0.05, 0.1) is 11.3 Å². The Hall–Kier alpha value is -1.65. The van der Waals surface area contributed by atoms with Crippen LogP contribution in [0.3, 0.4) is 0 Å². The van der Waals surface area contributed by atoms with Crippen LogP contribution >= 0.6 is 0 Å². The van der Waals surface area contributed by atoms with E-state index in [1.54, 1.807) is 0 Å². The van der Waals surface area contributed by atoms with Crippen LogP contribution in [0.15, 0.2) is 6.07 Å². The predicted octanol–water partition coefficient (Wildman–Crippen LogP) is 1.55. The molecule has 0 atom stereocenters. The fourth-order valence-electron chi connectivity index (χ4n) is 1.01. The molecule has 5 heteroatoms. The standard InChI is InChI=1S/C8H7F2NO2/c1-3-4(9)2-5(10)7(11)6(3)8(12)13/h2H,11H2,1H3,(H,12,13). The van der Waals surface area contributed by atoms with Crippen LogP contribution in [0, 0.1) is 18.6 Å². The Labute approximate surface area is 72.8 Å². The lowest BCUT2D eigenvalue weighted by Crippen LogP contribution is -2.09. The number of aromatic carboxylic acids is 1. The van der Waals surface area contributed by atoms with Crippen molar-refractivity contribution in [3.63, 3.8) is 0 Å². The Morgan fingerprint density at radius 1 is 1.46 bits per heavy atom. The fourth-order valence-corrected chi connectivity index (χ4v) is 1.01. The topological polar surface area (TPSA) is 63.3 Å². The molecule has 0 heterocycles. The van der Waals surface area contributed by atoms with Gasteiger partial charge in [-0.25, -0.2) is 13.6 Å². The minimum absolute atomic E-state index is 0.161. The van der Waals surface area contributed by atoms with E-state index in [0.29, 0.717) is 6.07 Å². The summed E-state index contributed by atoms with van der Waals surface area (Å²) in [7, 11) is 0. The molecule has 0 spiro atoms. The van der Waals surface area contributed by atoms with E-state index in [4.69, 9.17) is 10.8 Å². The number of carbonyl (C=O) groups is 1. The van der Waals surface area contributed by atoms with Gasteiger partial charge in [-0.3, -0.25) is 0 Å². The predicted molar refractivity (Wildman–Crippen MR) is 42.5 cm³/mol. The summed E-state index contributed by atoms with van der Waals surface area (Å²) in [5.41, 5.74) is 3.92. The summed E-state index contributed by atoms with van der Waals surface area (Å²) in [4.78, 5) is 10.5. The summed E-state index contributed by atoms with van der Waals surface area (Å²) in [6.45, 7) is 1.23. The summed E-state index contributed by atoms with van der Waals surface area (Å²) >= 11 is 0. The van der Waals surface area contributed by atoms with E-state index in [9.17, 15) is 13.6 Å². The van der Waals surface area contributed by atoms with E-state index in [1.165, 1.54) is 6.92 Å². The minimum atomic E-state index is -1.44. The third kappa shape index (κ3) is 1.44. The Balaban J connectivity index is 3.56. The van der Waals surface area contributed by atoms with Gasteiger partial charge in [-0.1, -0.05) is 0 Å². The highest BCUT2D eigenvalue weighted by atomic mass is 19.1. The maximum absolute atomic E-state index is 12.8. The highest BCUT2D eigenvalue weighted by Crippen LogP contribution is 2.22. The average molecular weight is 187 g/mol. The second kappa shape index (κ2) is 3.01. The number of carboxylic acid groups (broad SMARTS) is 1. The molecule has 0 saturated heterocycles. The van der Waals surface area contributed by atoms with Gasteiger partial charge in [-0.2, -0.15) is 0 Å². The van der Waals surface area contributed by atoms with Crippen molar-refractivity contribution in [2.24, 2.45) is 0 Å². The maximum atomic E-state index is 12.8. The summed E-state index contributed by atoms with van der Waals surface area (Å²) in [6, 6.07) is 0.567. The third-order valence-electron chi connectivity index (χ3n) is 1.73. The molecular weight excluding hydrogens is 180 g/mol. The molecule has 1 aromatic rings. The Bertz CT molecular complexity index is 351. The van der Waals surface area contributed by atoms with Gasteiger partial charge < -0.3 is 10.8 Å². The van der Waals surface area contributed by atoms with Crippen LogP contribution in [0.25, 0.3) is 0 Å². The number of nitrogens with two attached hydrogens (primary N) is 1. The lowest BCUT2D eigenvalue weighted by molar-refractivity contribution is 0.0696. The van der Waals surface area contributed by atoms with E-state index >= 15 is 0 Å². The molecule has 0 radical (unpaired) electrons. The number of hydrogen-bond acceptors (Lipinski definition) is 2. The molecule has 0 saturated carbocycles. The largest absolute Gasteiger partial charge is 0.478 e. The smallest absolute Gasteiger partial charge is 0.338 e. The molecule has 1 aromatic carbocycles. The van der Waals surface area contributed by atoms with E-state index < -0.39 is 28.9 Å². The lowest BCUT2D eigenvalue weighted by atomic mass is 10.1. The molecule has 13 heavy (non-hydrogen) atoms. The summed E-state index contributed by atoms with van der Waals surface area (Å²) in [5.74, 6) is -3.40. The molecule has 0 aliphatic heterocycles. The first-order chi connectivity index (χ1) is 5.95. The van der Waals surface area contributed by atoms with Crippen molar-refractivity contribution in [2.45, 2.75) is 6.92 Å². The number of halogens is 2. The van der Waals surface area contributed by atoms with Crippen LogP contribution in [0.1, 0.15) is 15.9 Å². The molecule has 70 valence electrons. The minimum Gasteiger partial charge on any atom is -0.478 e. The first kappa shape index (κ1) is 9.44. The SMILES string of the molecule is Cc1c(F)cc(F)c(N)c1C(=O)O. The first-order valence-electron chi connectivity index (χ1n) is 3.42. The van der Waals surface area contributed by atoms with Crippen molar-refractivity contribution in [1.82, 2.24) is 0 Å². The molecule has 0 aliphatic carbocycles. The first-order valence-corrected chi connectivity index (χ1v) is 3.42. The number of nitrogen functional groups attached to an aromatic ring is 1. The molecule has 1 rings (SSSR count). The number of rotatable bonds is 1. The Morgan fingerprint density at radius 3 is 2.46 bits per heavy atom. The van der Waals surface area contributed by atoms with Crippen molar-refractivity contribution in [1.29, 1.82) is 0 Å². The second-order valence-electron chi connectivity index (χ2n) is 2.56. The molecule has 3 N–H and O–H groups in total. The zero-order valence-corrected chi connectivity index (χ0v) is 6.77. The van der Waals surface area contributed by atoms with Gasteiger partial charge in [0.25, 0.3) is 0 Å². The molecule has 0 amide bonds.